The lowest BCUT2D eigenvalue weighted by Crippen LogP contribution is -2.35. The Morgan fingerprint density at radius 3 is 3.18 bits per heavy atom. The Kier molecular flexibility index (Phi) is 4.53. The van der Waals surface area contributed by atoms with Gasteiger partial charge in [0.1, 0.15) is 5.65 Å². The lowest BCUT2D eigenvalue weighted by Gasteiger charge is -2.18. The van der Waals surface area contributed by atoms with Gasteiger partial charge in [0.2, 0.25) is 0 Å². The maximum absolute atomic E-state index is 5.16. The van der Waals surface area contributed by atoms with Gasteiger partial charge in [-0.2, -0.15) is 0 Å². The van der Waals surface area contributed by atoms with Gasteiger partial charge in [-0.05, 0) is 11.6 Å². The van der Waals surface area contributed by atoms with Crippen molar-refractivity contribution in [2.75, 3.05) is 43.8 Å². The van der Waals surface area contributed by atoms with Crippen LogP contribution in [0.1, 0.15) is 17.2 Å². The molecule has 3 N–H and O–H groups in total. The van der Waals surface area contributed by atoms with Crippen LogP contribution in [0.25, 0.3) is 5.65 Å². The van der Waals surface area contributed by atoms with Crippen molar-refractivity contribution in [2.45, 2.75) is 12.5 Å². The summed E-state index contributed by atoms with van der Waals surface area (Å²) in [6.45, 7) is 3.98. The van der Waals surface area contributed by atoms with Crippen LogP contribution in [0.15, 0.2) is 36.9 Å². The Bertz CT molecular complexity index is 975. The molecule has 1 saturated heterocycles. The molecule has 0 aliphatic carbocycles. The number of hydrogen-bond acceptors (Lipinski definition) is 9. The number of pyridine rings is 1. The number of nitrogens with zero attached hydrogens (tertiary/aromatic N) is 6. The monoisotopic (exact) mass is 381 g/mol. The van der Waals surface area contributed by atoms with Crippen molar-refractivity contribution in [2.24, 2.45) is 0 Å². The molecule has 0 bridgehead atoms. The summed E-state index contributed by atoms with van der Waals surface area (Å²) in [5, 5.41) is 4.16. The molecule has 1 unspecified atom stereocenters. The number of aromatic nitrogens is 4. The fourth-order valence-corrected chi connectivity index (χ4v) is 3.60. The highest BCUT2D eigenvalue weighted by Gasteiger charge is 2.28. The minimum absolute atomic E-state index is 0.305. The van der Waals surface area contributed by atoms with E-state index in [1.54, 1.807) is 13.3 Å². The lowest BCUT2D eigenvalue weighted by atomic mass is 10.1. The van der Waals surface area contributed by atoms with E-state index in [4.69, 9.17) is 9.72 Å². The number of hydrazine groups is 3. The van der Waals surface area contributed by atoms with Gasteiger partial charge in [-0.15, -0.1) is 5.53 Å². The Balaban J connectivity index is 1.32. The highest BCUT2D eigenvalue weighted by molar-refractivity contribution is 5.64. The molecule has 5 heterocycles. The van der Waals surface area contributed by atoms with Crippen molar-refractivity contribution < 1.29 is 4.74 Å². The van der Waals surface area contributed by atoms with E-state index < -0.39 is 0 Å². The highest BCUT2D eigenvalue weighted by Crippen LogP contribution is 2.28. The SMILES string of the molecule is COCCN1CC(c2cnc3c(n2)N(Cc2ccc4nccn4c2)NN3)CN1. The summed E-state index contributed by atoms with van der Waals surface area (Å²) < 4.78 is 7.17. The van der Waals surface area contributed by atoms with Crippen molar-refractivity contribution in [3.05, 3.63) is 48.2 Å². The van der Waals surface area contributed by atoms with Crippen LogP contribution in [0.5, 0.6) is 0 Å². The molecule has 0 aromatic carbocycles. The normalized spacial score (nSPS) is 19.3. The molecule has 1 fully saturated rings. The van der Waals surface area contributed by atoms with Gasteiger partial charge in [0.25, 0.3) is 0 Å². The molecule has 1 atom stereocenters. The largest absolute Gasteiger partial charge is 0.383 e. The van der Waals surface area contributed by atoms with E-state index in [9.17, 15) is 0 Å². The summed E-state index contributed by atoms with van der Waals surface area (Å²) >= 11 is 0. The maximum atomic E-state index is 5.16. The van der Waals surface area contributed by atoms with Crippen molar-refractivity contribution >= 4 is 17.3 Å². The average molecular weight is 381 g/mol. The molecular weight excluding hydrogens is 358 g/mol. The van der Waals surface area contributed by atoms with Gasteiger partial charge in [-0.25, -0.2) is 20.0 Å². The summed E-state index contributed by atoms with van der Waals surface area (Å²) in [5.41, 5.74) is 12.7. The quantitative estimate of drug-likeness (QED) is 0.565. The number of rotatable bonds is 6. The Hall–Kier alpha value is -2.79. The number of fused-ring (bicyclic) bond motifs is 2. The minimum Gasteiger partial charge on any atom is -0.383 e. The van der Waals surface area contributed by atoms with Crippen LogP contribution >= 0.6 is 0 Å². The first-order valence-electron chi connectivity index (χ1n) is 9.35. The molecule has 0 spiro atoms. The van der Waals surface area contributed by atoms with Crippen LogP contribution in [0.4, 0.5) is 11.6 Å². The topological polar surface area (TPSA) is 94.9 Å². The molecule has 3 aromatic heterocycles. The fourth-order valence-electron chi connectivity index (χ4n) is 3.60. The van der Waals surface area contributed by atoms with E-state index in [2.05, 4.69) is 43.6 Å². The van der Waals surface area contributed by atoms with Crippen LogP contribution in [0.2, 0.25) is 0 Å². The van der Waals surface area contributed by atoms with E-state index in [1.165, 1.54) is 0 Å². The maximum Gasteiger partial charge on any atom is 0.189 e. The van der Waals surface area contributed by atoms with Crippen LogP contribution in [0.3, 0.4) is 0 Å². The smallest absolute Gasteiger partial charge is 0.189 e. The van der Waals surface area contributed by atoms with E-state index >= 15 is 0 Å². The molecule has 2 aliphatic rings. The molecule has 10 nitrogen and oxygen atoms in total. The zero-order valence-electron chi connectivity index (χ0n) is 15.7. The van der Waals surface area contributed by atoms with Crippen molar-refractivity contribution in [3.63, 3.8) is 0 Å². The molecule has 10 heteroatoms. The Morgan fingerprint density at radius 1 is 1.29 bits per heavy atom. The highest BCUT2D eigenvalue weighted by atomic mass is 16.5. The molecule has 0 radical (unpaired) electrons. The number of methoxy groups -OCH3 is 1. The van der Waals surface area contributed by atoms with Gasteiger partial charge < -0.3 is 9.14 Å². The Morgan fingerprint density at radius 2 is 2.25 bits per heavy atom. The van der Waals surface area contributed by atoms with E-state index in [0.717, 1.165) is 48.2 Å². The zero-order chi connectivity index (χ0) is 18.9. The average Bonchev–Trinajstić information content (AvgIpc) is 3.46. The first kappa shape index (κ1) is 17.3. The summed E-state index contributed by atoms with van der Waals surface area (Å²) in [7, 11) is 1.72. The third kappa shape index (κ3) is 3.27. The van der Waals surface area contributed by atoms with Gasteiger partial charge in [-0.1, -0.05) is 6.07 Å². The van der Waals surface area contributed by atoms with Crippen LogP contribution in [-0.2, 0) is 11.3 Å². The molecular formula is C18H23N9O. The minimum atomic E-state index is 0.305. The molecule has 5 rings (SSSR count). The second kappa shape index (κ2) is 7.32. The molecule has 0 amide bonds. The molecule has 2 aliphatic heterocycles. The number of ether oxygens (including phenoxy) is 1. The van der Waals surface area contributed by atoms with Gasteiger partial charge in [0.15, 0.2) is 11.6 Å². The van der Waals surface area contributed by atoms with E-state index in [1.807, 2.05) is 27.9 Å². The lowest BCUT2D eigenvalue weighted by molar-refractivity contribution is 0.138. The number of hydrogen-bond donors (Lipinski definition) is 3. The third-order valence-corrected chi connectivity index (χ3v) is 5.11. The van der Waals surface area contributed by atoms with E-state index in [0.29, 0.717) is 19.1 Å². The second-order valence-corrected chi connectivity index (χ2v) is 7.02. The van der Waals surface area contributed by atoms with Gasteiger partial charge in [-0.3, -0.25) is 15.9 Å². The molecule has 3 aromatic rings. The standard InChI is InChI=1S/C18H23N9O/c1-28-7-6-26-12-14(8-21-26)15-9-20-17-18(22-15)27(24-23-17)11-13-2-3-16-19-4-5-25(16)10-13/h2-5,9-10,14,21,24H,6-8,11-12H2,1H3,(H,20,23). The van der Waals surface area contributed by atoms with Crippen molar-refractivity contribution in [3.8, 4) is 0 Å². The van der Waals surface area contributed by atoms with Gasteiger partial charge in [0, 0.05) is 51.3 Å². The van der Waals surface area contributed by atoms with Gasteiger partial charge in [0.05, 0.1) is 25.0 Å². The third-order valence-electron chi connectivity index (χ3n) is 5.11. The predicted octanol–water partition coefficient (Wildman–Crippen LogP) is 0.526. The van der Waals surface area contributed by atoms with E-state index in [-0.39, 0.29) is 0 Å². The van der Waals surface area contributed by atoms with Gasteiger partial charge >= 0.3 is 0 Å². The second-order valence-electron chi connectivity index (χ2n) is 7.02. The van der Waals surface area contributed by atoms with Crippen LogP contribution in [-0.4, -0.2) is 57.7 Å². The molecule has 0 saturated carbocycles. The summed E-state index contributed by atoms with van der Waals surface area (Å²) in [4.78, 5) is 13.8. The van der Waals surface area contributed by atoms with Crippen LogP contribution < -0.4 is 21.4 Å². The van der Waals surface area contributed by atoms with Crippen LogP contribution in [0, 0.1) is 0 Å². The first-order valence-corrected chi connectivity index (χ1v) is 9.35. The summed E-state index contributed by atoms with van der Waals surface area (Å²) in [6.07, 6.45) is 7.69. The number of imidazole rings is 1. The van der Waals surface area contributed by atoms with Crippen molar-refractivity contribution in [1.29, 1.82) is 0 Å². The Labute approximate surface area is 162 Å². The van der Waals surface area contributed by atoms with Crippen molar-refractivity contribution in [1.82, 2.24) is 35.3 Å². The number of anilines is 2. The predicted molar refractivity (Wildman–Crippen MR) is 104 cm³/mol. The molecule has 146 valence electrons. The summed E-state index contributed by atoms with van der Waals surface area (Å²) in [6, 6.07) is 4.09. The number of nitrogens with one attached hydrogen (secondary N) is 3. The summed E-state index contributed by atoms with van der Waals surface area (Å²) in [5.74, 6) is 1.87. The zero-order valence-corrected chi connectivity index (χ0v) is 15.7. The first-order chi connectivity index (χ1) is 13.8. The fraction of sp³-hybridized carbons (Fsp3) is 0.389. The molecule has 28 heavy (non-hydrogen) atoms.